The fourth-order valence-electron chi connectivity index (χ4n) is 2.05. The number of carbonyl (C=O) groups excluding carboxylic acids is 1. The van der Waals surface area contributed by atoms with Gasteiger partial charge in [-0.25, -0.2) is 4.98 Å². The van der Waals surface area contributed by atoms with Gasteiger partial charge in [-0.05, 0) is 45.1 Å². The first-order valence-corrected chi connectivity index (χ1v) is 7.31. The van der Waals surface area contributed by atoms with E-state index in [1.807, 2.05) is 12.1 Å². The predicted octanol–water partition coefficient (Wildman–Crippen LogP) is 2.50. The van der Waals surface area contributed by atoms with Crippen molar-refractivity contribution in [3.05, 3.63) is 29.3 Å². The van der Waals surface area contributed by atoms with E-state index in [4.69, 9.17) is 5.73 Å². The van der Waals surface area contributed by atoms with Crippen LogP contribution in [0.25, 0.3) is 10.2 Å². The van der Waals surface area contributed by atoms with Crippen LogP contribution in [-0.2, 0) is 0 Å². The lowest BCUT2D eigenvalue weighted by atomic mass is 10.1. The number of hydrogen-bond donors (Lipinski definition) is 1. The van der Waals surface area contributed by atoms with Gasteiger partial charge in [-0.3, -0.25) is 4.79 Å². The third kappa shape index (κ3) is 4.01. The number of hydrogen-bond acceptors (Lipinski definition) is 4. The summed E-state index contributed by atoms with van der Waals surface area (Å²) in [4.78, 5) is 18.7. The van der Waals surface area contributed by atoms with Crippen LogP contribution in [-0.4, -0.2) is 35.9 Å². The molecule has 3 heterocycles. The van der Waals surface area contributed by atoms with Crippen LogP contribution >= 0.6 is 11.3 Å². The number of piperidine rings is 1. The Kier molecular flexibility index (Phi) is 4.87. The summed E-state index contributed by atoms with van der Waals surface area (Å²) in [7, 11) is 2.19. The van der Waals surface area contributed by atoms with Crippen LogP contribution in [0.15, 0.2) is 24.4 Å². The lowest BCUT2D eigenvalue weighted by molar-refractivity contribution is 0.100. The fraction of sp³-hybridized carbons (Fsp3) is 0.429. The molecule has 0 spiro atoms. The highest BCUT2D eigenvalue weighted by Gasteiger charge is 2.05. The summed E-state index contributed by atoms with van der Waals surface area (Å²) in [5.74, 6) is -0.391. The fourth-order valence-corrected chi connectivity index (χ4v) is 2.90. The van der Waals surface area contributed by atoms with Gasteiger partial charge in [0.1, 0.15) is 4.83 Å². The van der Waals surface area contributed by atoms with Crippen LogP contribution in [0.3, 0.4) is 0 Å². The summed E-state index contributed by atoms with van der Waals surface area (Å²) in [6, 6.07) is 5.50. The predicted molar refractivity (Wildman–Crippen MR) is 79.5 cm³/mol. The highest BCUT2D eigenvalue weighted by molar-refractivity contribution is 7.20. The molecule has 4 nitrogen and oxygen atoms in total. The van der Waals surface area contributed by atoms with E-state index in [-0.39, 0.29) is 0 Å². The molecule has 1 saturated heterocycles. The van der Waals surface area contributed by atoms with Gasteiger partial charge in [0.2, 0.25) is 0 Å². The Morgan fingerprint density at radius 2 is 2.11 bits per heavy atom. The largest absolute Gasteiger partial charge is 0.365 e. The first kappa shape index (κ1) is 14.0. The molecular formula is C14H19N3OS. The standard InChI is InChI=1S/C8H6N2OS.C6H13N/c9-7(11)6-4-5-2-1-3-10-8(5)12-6;1-7-5-3-2-4-6-7/h1-4H,(H2,9,11);2-6H2,1H3. The number of nitrogens with zero attached hydrogens (tertiary/aromatic N) is 2. The molecular weight excluding hydrogens is 258 g/mol. The van der Waals surface area contributed by atoms with E-state index in [2.05, 4.69) is 16.9 Å². The van der Waals surface area contributed by atoms with Crippen LogP contribution < -0.4 is 5.73 Å². The minimum atomic E-state index is -0.391. The van der Waals surface area contributed by atoms with E-state index >= 15 is 0 Å². The van der Waals surface area contributed by atoms with Gasteiger partial charge < -0.3 is 10.6 Å². The molecule has 0 atom stereocenters. The highest BCUT2D eigenvalue weighted by atomic mass is 32.1. The van der Waals surface area contributed by atoms with Crippen molar-refractivity contribution < 1.29 is 4.79 Å². The number of nitrogens with two attached hydrogens (primary N) is 1. The second-order valence-corrected chi connectivity index (χ2v) is 5.77. The number of rotatable bonds is 1. The van der Waals surface area contributed by atoms with Crippen LogP contribution in [0.4, 0.5) is 0 Å². The molecule has 1 aliphatic heterocycles. The minimum absolute atomic E-state index is 0.391. The van der Waals surface area contributed by atoms with Crippen molar-refractivity contribution in [3.8, 4) is 0 Å². The molecule has 19 heavy (non-hydrogen) atoms. The summed E-state index contributed by atoms with van der Waals surface area (Å²) >= 11 is 1.32. The third-order valence-electron chi connectivity index (χ3n) is 3.12. The summed E-state index contributed by atoms with van der Waals surface area (Å²) < 4.78 is 0. The van der Waals surface area contributed by atoms with Crippen molar-refractivity contribution in [2.45, 2.75) is 19.3 Å². The van der Waals surface area contributed by atoms with Crippen molar-refractivity contribution in [2.75, 3.05) is 20.1 Å². The van der Waals surface area contributed by atoms with Crippen LogP contribution in [0.2, 0.25) is 0 Å². The molecule has 3 rings (SSSR count). The van der Waals surface area contributed by atoms with E-state index < -0.39 is 5.91 Å². The Morgan fingerprint density at radius 1 is 1.37 bits per heavy atom. The zero-order chi connectivity index (χ0) is 13.7. The van der Waals surface area contributed by atoms with E-state index in [0.717, 1.165) is 10.2 Å². The number of amides is 1. The molecule has 0 saturated carbocycles. The van der Waals surface area contributed by atoms with E-state index in [1.54, 1.807) is 12.3 Å². The molecule has 0 aliphatic carbocycles. The van der Waals surface area contributed by atoms with Gasteiger partial charge in [0.15, 0.2) is 0 Å². The van der Waals surface area contributed by atoms with E-state index in [1.165, 1.54) is 43.7 Å². The highest BCUT2D eigenvalue weighted by Crippen LogP contribution is 2.22. The number of carbonyl (C=O) groups is 1. The topological polar surface area (TPSA) is 59.2 Å². The molecule has 1 aliphatic rings. The van der Waals surface area contributed by atoms with Gasteiger partial charge in [-0.2, -0.15) is 0 Å². The molecule has 5 heteroatoms. The summed E-state index contributed by atoms with van der Waals surface area (Å²) in [6.45, 7) is 2.64. The number of primary amides is 1. The SMILES string of the molecule is CN1CCCCC1.NC(=O)c1cc2cccnc2s1. The lowest BCUT2D eigenvalue weighted by Crippen LogP contribution is -2.24. The number of fused-ring (bicyclic) bond motifs is 1. The zero-order valence-electron chi connectivity index (χ0n) is 11.1. The monoisotopic (exact) mass is 277 g/mol. The molecule has 0 bridgehead atoms. The average Bonchev–Trinajstić information content (AvgIpc) is 2.84. The number of aromatic nitrogens is 1. The molecule has 0 aromatic carbocycles. The first-order chi connectivity index (χ1) is 9.16. The van der Waals surface area contributed by atoms with Crippen LogP contribution in [0.5, 0.6) is 0 Å². The van der Waals surface area contributed by atoms with Gasteiger partial charge in [0.05, 0.1) is 4.88 Å². The molecule has 102 valence electrons. The Balaban J connectivity index is 0.000000163. The maximum atomic E-state index is 10.8. The Morgan fingerprint density at radius 3 is 2.63 bits per heavy atom. The first-order valence-electron chi connectivity index (χ1n) is 6.50. The Hall–Kier alpha value is -1.46. The molecule has 1 amide bonds. The van der Waals surface area contributed by atoms with Crippen molar-refractivity contribution >= 4 is 27.5 Å². The zero-order valence-corrected chi connectivity index (χ0v) is 11.9. The molecule has 0 radical (unpaired) electrons. The van der Waals surface area contributed by atoms with Gasteiger partial charge in [-0.1, -0.05) is 12.5 Å². The van der Waals surface area contributed by atoms with Crippen molar-refractivity contribution in [2.24, 2.45) is 5.73 Å². The minimum Gasteiger partial charge on any atom is -0.365 e. The van der Waals surface area contributed by atoms with Crippen LogP contribution in [0.1, 0.15) is 28.9 Å². The number of pyridine rings is 1. The third-order valence-corrected chi connectivity index (χ3v) is 4.19. The Bertz CT molecular complexity index is 513. The summed E-state index contributed by atoms with van der Waals surface area (Å²) in [5.41, 5.74) is 5.12. The van der Waals surface area contributed by atoms with E-state index in [9.17, 15) is 4.79 Å². The second kappa shape index (κ2) is 6.63. The average molecular weight is 277 g/mol. The number of thiophene rings is 1. The maximum absolute atomic E-state index is 10.8. The lowest BCUT2D eigenvalue weighted by Gasteiger charge is -2.20. The van der Waals surface area contributed by atoms with Crippen molar-refractivity contribution in [1.82, 2.24) is 9.88 Å². The second-order valence-electron chi connectivity index (χ2n) is 4.74. The molecule has 2 N–H and O–H groups in total. The van der Waals surface area contributed by atoms with Crippen molar-refractivity contribution in [1.29, 1.82) is 0 Å². The molecule has 2 aromatic heterocycles. The normalized spacial score (nSPS) is 15.8. The van der Waals surface area contributed by atoms with Gasteiger partial charge >= 0.3 is 0 Å². The quantitative estimate of drug-likeness (QED) is 0.871. The number of likely N-dealkylation sites (tertiary alicyclic amines) is 1. The van der Waals surface area contributed by atoms with Gasteiger partial charge in [-0.15, -0.1) is 11.3 Å². The van der Waals surface area contributed by atoms with Gasteiger partial charge in [0.25, 0.3) is 5.91 Å². The van der Waals surface area contributed by atoms with Crippen molar-refractivity contribution in [3.63, 3.8) is 0 Å². The maximum Gasteiger partial charge on any atom is 0.258 e. The molecule has 2 aromatic rings. The van der Waals surface area contributed by atoms with Gasteiger partial charge in [0, 0.05) is 11.6 Å². The molecule has 1 fully saturated rings. The van der Waals surface area contributed by atoms with Crippen LogP contribution in [0, 0.1) is 0 Å². The molecule has 0 unspecified atom stereocenters. The summed E-state index contributed by atoms with van der Waals surface area (Å²) in [6.07, 6.45) is 5.97. The smallest absolute Gasteiger partial charge is 0.258 e. The Labute approximate surface area is 117 Å². The van der Waals surface area contributed by atoms with E-state index in [0.29, 0.717) is 4.88 Å². The summed E-state index contributed by atoms with van der Waals surface area (Å²) in [5, 5.41) is 0.969.